The Hall–Kier alpha value is -1.02. The van der Waals surface area contributed by atoms with Crippen LogP contribution < -0.4 is 0 Å². The van der Waals surface area contributed by atoms with E-state index in [9.17, 15) is 5.11 Å². The topological polar surface area (TPSA) is 20.2 Å². The Balaban J connectivity index is 2.81. The van der Waals surface area contributed by atoms with Crippen LogP contribution in [-0.4, -0.2) is 5.11 Å². The van der Waals surface area contributed by atoms with Crippen LogP contribution in [0.2, 0.25) is 0 Å². The van der Waals surface area contributed by atoms with Crippen LogP contribution in [0.1, 0.15) is 5.56 Å². The van der Waals surface area contributed by atoms with Crippen molar-refractivity contribution >= 4 is 26.7 Å². The molecule has 66 valence electrons. The van der Waals surface area contributed by atoms with Crippen LogP contribution in [0.15, 0.2) is 36.4 Å². The van der Waals surface area contributed by atoms with Gasteiger partial charge in [0.15, 0.2) is 0 Å². The summed E-state index contributed by atoms with van der Waals surface area (Å²) in [4.78, 5) is 0. The molecule has 0 aliphatic carbocycles. The Morgan fingerprint density at radius 1 is 1.15 bits per heavy atom. The lowest BCUT2D eigenvalue weighted by Gasteiger charge is -2.03. The van der Waals surface area contributed by atoms with Gasteiger partial charge in [-0.2, -0.15) is 0 Å². The molecular weight excluding hydrogens is 228 g/mol. The normalized spacial score (nSPS) is 10.5. The molecule has 0 heterocycles. The summed E-state index contributed by atoms with van der Waals surface area (Å²) >= 11 is 3.40. The molecule has 2 aromatic rings. The van der Waals surface area contributed by atoms with Crippen LogP contribution >= 0.6 is 15.9 Å². The third kappa shape index (κ3) is 1.54. The summed E-state index contributed by atoms with van der Waals surface area (Å²) in [6.45, 7) is 0. The number of hydrogen-bond acceptors (Lipinski definition) is 1. The molecule has 0 aliphatic rings. The molecule has 0 bridgehead atoms. The van der Waals surface area contributed by atoms with E-state index in [2.05, 4.69) is 22.0 Å². The number of rotatable bonds is 1. The first-order valence-corrected chi connectivity index (χ1v) is 5.20. The van der Waals surface area contributed by atoms with E-state index >= 15 is 0 Å². The second-order valence-electron chi connectivity index (χ2n) is 2.96. The van der Waals surface area contributed by atoms with E-state index in [0.29, 0.717) is 5.75 Å². The van der Waals surface area contributed by atoms with Crippen LogP contribution in [0, 0.1) is 0 Å². The fraction of sp³-hybridized carbons (Fsp3) is 0.0909. The molecule has 0 radical (unpaired) electrons. The molecule has 13 heavy (non-hydrogen) atoms. The molecule has 2 aromatic carbocycles. The predicted molar refractivity (Wildman–Crippen MR) is 58.2 cm³/mol. The largest absolute Gasteiger partial charge is 0.508 e. The van der Waals surface area contributed by atoms with Gasteiger partial charge < -0.3 is 5.11 Å². The average Bonchev–Trinajstić information content (AvgIpc) is 2.16. The van der Waals surface area contributed by atoms with Crippen molar-refractivity contribution < 1.29 is 5.11 Å². The van der Waals surface area contributed by atoms with E-state index in [4.69, 9.17) is 0 Å². The summed E-state index contributed by atoms with van der Waals surface area (Å²) in [7, 11) is 0. The molecule has 0 spiro atoms. The maximum atomic E-state index is 9.42. The van der Waals surface area contributed by atoms with Gasteiger partial charge in [-0.15, -0.1) is 0 Å². The number of halogens is 1. The SMILES string of the molecule is Oc1cc(CBr)c2ccccc2c1. The maximum Gasteiger partial charge on any atom is 0.116 e. The van der Waals surface area contributed by atoms with E-state index in [1.807, 2.05) is 18.2 Å². The van der Waals surface area contributed by atoms with Crippen LogP contribution in [0.4, 0.5) is 0 Å². The average molecular weight is 237 g/mol. The Kier molecular flexibility index (Phi) is 2.23. The minimum Gasteiger partial charge on any atom is -0.508 e. The molecule has 0 atom stereocenters. The standard InChI is InChI=1S/C11H9BrO/c12-7-9-6-10(13)5-8-3-1-2-4-11(8)9/h1-6,13H,7H2. The minimum atomic E-state index is 0.327. The molecule has 0 fully saturated rings. The van der Waals surface area contributed by atoms with E-state index in [1.54, 1.807) is 12.1 Å². The monoisotopic (exact) mass is 236 g/mol. The first-order valence-electron chi connectivity index (χ1n) is 4.08. The highest BCUT2D eigenvalue weighted by Gasteiger charge is 2.00. The second-order valence-corrected chi connectivity index (χ2v) is 3.52. The number of hydrogen-bond donors (Lipinski definition) is 1. The molecule has 0 amide bonds. The van der Waals surface area contributed by atoms with Crippen molar-refractivity contribution in [2.75, 3.05) is 0 Å². The van der Waals surface area contributed by atoms with Crippen molar-refractivity contribution in [3.05, 3.63) is 42.0 Å². The quantitative estimate of drug-likeness (QED) is 0.753. The Morgan fingerprint density at radius 3 is 2.69 bits per heavy atom. The predicted octanol–water partition coefficient (Wildman–Crippen LogP) is 3.44. The van der Waals surface area contributed by atoms with E-state index < -0.39 is 0 Å². The zero-order valence-corrected chi connectivity index (χ0v) is 8.58. The van der Waals surface area contributed by atoms with Gasteiger partial charge in [-0.05, 0) is 28.5 Å². The minimum absolute atomic E-state index is 0.327. The van der Waals surface area contributed by atoms with Gasteiger partial charge in [0.2, 0.25) is 0 Å². The molecule has 0 aromatic heterocycles. The molecule has 1 nitrogen and oxygen atoms in total. The Morgan fingerprint density at radius 2 is 1.92 bits per heavy atom. The van der Waals surface area contributed by atoms with Crippen molar-refractivity contribution in [2.24, 2.45) is 0 Å². The summed E-state index contributed by atoms with van der Waals surface area (Å²) < 4.78 is 0. The van der Waals surface area contributed by atoms with Gasteiger partial charge in [0, 0.05) is 5.33 Å². The molecule has 0 saturated heterocycles. The molecule has 1 N–H and O–H groups in total. The molecular formula is C11H9BrO. The molecule has 0 aliphatic heterocycles. The summed E-state index contributed by atoms with van der Waals surface area (Å²) in [5.74, 6) is 0.327. The van der Waals surface area contributed by atoms with Crippen molar-refractivity contribution in [1.82, 2.24) is 0 Å². The van der Waals surface area contributed by atoms with Crippen molar-refractivity contribution in [2.45, 2.75) is 5.33 Å². The lowest BCUT2D eigenvalue weighted by atomic mass is 10.1. The van der Waals surface area contributed by atoms with Gasteiger partial charge in [0.1, 0.15) is 5.75 Å². The Bertz CT molecular complexity index is 437. The third-order valence-corrected chi connectivity index (χ3v) is 2.68. The van der Waals surface area contributed by atoms with Gasteiger partial charge in [-0.1, -0.05) is 40.2 Å². The van der Waals surface area contributed by atoms with E-state index in [0.717, 1.165) is 16.3 Å². The summed E-state index contributed by atoms with van der Waals surface area (Å²) in [6.07, 6.45) is 0. The summed E-state index contributed by atoms with van der Waals surface area (Å²) in [6, 6.07) is 11.6. The lowest BCUT2D eigenvalue weighted by molar-refractivity contribution is 0.476. The van der Waals surface area contributed by atoms with Crippen LogP contribution in [0.3, 0.4) is 0 Å². The molecule has 2 rings (SSSR count). The first-order chi connectivity index (χ1) is 6.31. The van der Waals surface area contributed by atoms with Gasteiger partial charge in [-0.3, -0.25) is 0 Å². The van der Waals surface area contributed by atoms with Crippen LogP contribution in [-0.2, 0) is 5.33 Å². The number of alkyl halides is 1. The van der Waals surface area contributed by atoms with Gasteiger partial charge in [-0.25, -0.2) is 0 Å². The zero-order valence-electron chi connectivity index (χ0n) is 7.00. The fourth-order valence-corrected chi connectivity index (χ4v) is 1.95. The number of benzene rings is 2. The lowest BCUT2D eigenvalue weighted by Crippen LogP contribution is -1.81. The maximum absolute atomic E-state index is 9.42. The van der Waals surface area contributed by atoms with Gasteiger partial charge >= 0.3 is 0 Å². The molecule has 0 unspecified atom stereocenters. The summed E-state index contributed by atoms with van der Waals surface area (Å²) in [5, 5.41) is 12.5. The summed E-state index contributed by atoms with van der Waals surface area (Å²) in [5.41, 5.74) is 1.12. The molecule has 0 saturated carbocycles. The van der Waals surface area contributed by atoms with E-state index in [1.165, 1.54) is 5.39 Å². The van der Waals surface area contributed by atoms with Crippen LogP contribution in [0.25, 0.3) is 10.8 Å². The van der Waals surface area contributed by atoms with Gasteiger partial charge in [0.25, 0.3) is 0 Å². The van der Waals surface area contributed by atoms with Crippen molar-refractivity contribution in [3.8, 4) is 5.75 Å². The fourth-order valence-electron chi connectivity index (χ4n) is 1.48. The smallest absolute Gasteiger partial charge is 0.116 e. The second kappa shape index (κ2) is 3.38. The zero-order chi connectivity index (χ0) is 9.26. The van der Waals surface area contributed by atoms with Crippen molar-refractivity contribution in [1.29, 1.82) is 0 Å². The number of aromatic hydroxyl groups is 1. The number of fused-ring (bicyclic) bond motifs is 1. The van der Waals surface area contributed by atoms with Crippen LogP contribution in [0.5, 0.6) is 5.75 Å². The highest BCUT2D eigenvalue weighted by atomic mass is 79.9. The Labute approximate surface area is 85.1 Å². The van der Waals surface area contributed by atoms with Gasteiger partial charge in [0.05, 0.1) is 0 Å². The highest BCUT2D eigenvalue weighted by Crippen LogP contribution is 2.25. The molecule has 2 heteroatoms. The van der Waals surface area contributed by atoms with Crippen molar-refractivity contribution in [3.63, 3.8) is 0 Å². The first kappa shape index (κ1) is 8.57. The van der Waals surface area contributed by atoms with E-state index in [-0.39, 0.29) is 0 Å². The third-order valence-electron chi connectivity index (χ3n) is 2.08. The number of phenols is 1. The number of phenolic OH excluding ortho intramolecular Hbond substituents is 1. The highest BCUT2D eigenvalue weighted by molar-refractivity contribution is 9.08.